The summed E-state index contributed by atoms with van der Waals surface area (Å²) in [6.07, 6.45) is 0.965. The van der Waals surface area contributed by atoms with Crippen LogP contribution in [0.15, 0.2) is 3.79 Å². The van der Waals surface area contributed by atoms with Gasteiger partial charge in [0.25, 0.3) is 0 Å². The normalized spacial score (nSPS) is 9.90. The van der Waals surface area contributed by atoms with Crippen LogP contribution in [-0.2, 0) is 6.42 Å². The number of aromatic nitrogens is 1. The maximum Gasteiger partial charge on any atom is 0.239 e. The van der Waals surface area contributed by atoms with Crippen LogP contribution in [0.5, 0.6) is 5.88 Å². The molecule has 0 aromatic carbocycles. The summed E-state index contributed by atoms with van der Waals surface area (Å²) in [6, 6.07) is 0. The molecule has 1 rings (SSSR count). The van der Waals surface area contributed by atoms with Crippen LogP contribution in [0.2, 0.25) is 0 Å². The Bertz CT molecular complexity index is 224. The molecule has 56 valence electrons. The largest absolute Gasteiger partial charge is 0.480 e. The Morgan fingerprint density at radius 2 is 2.40 bits per heavy atom. The van der Waals surface area contributed by atoms with Crippen LogP contribution in [0.1, 0.15) is 11.9 Å². The van der Waals surface area contributed by atoms with Crippen LogP contribution in [0.4, 0.5) is 0 Å². The van der Waals surface area contributed by atoms with Gasteiger partial charge in [0.05, 0.1) is 12.1 Å². The summed E-state index contributed by atoms with van der Waals surface area (Å²) in [6.45, 7) is 2.07. The third-order valence-electron chi connectivity index (χ3n) is 1.10. The molecule has 2 nitrogen and oxygen atoms in total. The van der Waals surface area contributed by atoms with Crippen molar-refractivity contribution in [2.45, 2.75) is 13.3 Å². The van der Waals surface area contributed by atoms with E-state index in [1.54, 1.807) is 18.4 Å². The van der Waals surface area contributed by atoms with Gasteiger partial charge in [-0.05, 0) is 22.4 Å². The van der Waals surface area contributed by atoms with E-state index in [4.69, 9.17) is 4.74 Å². The SMILES string of the molecule is CCc1nc(OC)c(Br)s1. The molecule has 0 radical (unpaired) electrons. The Morgan fingerprint density at radius 1 is 1.70 bits per heavy atom. The first kappa shape index (κ1) is 8.01. The van der Waals surface area contributed by atoms with Crippen molar-refractivity contribution in [1.82, 2.24) is 4.98 Å². The molecule has 4 heteroatoms. The standard InChI is InChI=1S/C6H8BrNOS/c1-3-4-8-6(9-2)5(7)10-4/h3H2,1-2H3. The minimum absolute atomic E-state index is 0.696. The average molecular weight is 222 g/mol. The number of hydrogen-bond donors (Lipinski definition) is 0. The van der Waals surface area contributed by atoms with Gasteiger partial charge in [-0.3, -0.25) is 0 Å². The Kier molecular flexibility index (Phi) is 2.68. The first-order valence-corrected chi connectivity index (χ1v) is 4.58. The number of hydrogen-bond acceptors (Lipinski definition) is 3. The van der Waals surface area contributed by atoms with E-state index in [9.17, 15) is 0 Å². The van der Waals surface area contributed by atoms with Gasteiger partial charge >= 0.3 is 0 Å². The smallest absolute Gasteiger partial charge is 0.239 e. The molecule has 0 unspecified atom stereocenters. The maximum atomic E-state index is 4.98. The number of thiazole rings is 1. The summed E-state index contributed by atoms with van der Waals surface area (Å²) >= 11 is 4.97. The molecule has 0 aliphatic carbocycles. The molecule has 1 aromatic rings. The van der Waals surface area contributed by atoms with E-state index in [-0.39, 0.29) is 0 Å². The molecular weight excluding hydrogens is 214 g/mol. The lowest BCUT2D eigenvalue weighted by atomic mass is 10.5. The lowest BCUT2D eigenvalue weighted by Gasteiger charge is -1.89. The minimum atomic E-state index is 0.696. The first-order valence-electron chi connectivity index (χ1n) is 2.97. The number of rotatable bonds is 2. The molecule has 0 aliphatic heterocycles. The van der Waals surface area contributed by atoms with Crippen LogP contribution < -0.4 is 4.74 Å². The highest BCUT2D eigenvalue weighted by atomic mass is 79.9. The zero-order valence-electron chi connectivity index (χ0n) is 5.85. The summed E-state index contributed by atoms with van der Waals surface area (Å²) in [5.41, 5.74) is 0. The van der Waals surface area contributed by atoms with E-state index >= 15 is 0 Å². The Labute approximate surface area is 72.4 Å². The van der Waals surface area contributed by atoms with Gasteiger partial charge in [0.2, 0.25) is 5.88 Å². The lowest BCUT2D eigenvalue weighted by molar-refractivity contribution is 0.397. The molecule has 1 heterocycles. The predicted octanol–water partition coefficient (Wildman–Crippen LogP) is 2.48. The third-order valence-corrected chi connectivity index (χ3v) is 2.89. The Balaban J connectivity index is 2.92. The number of nitrogens with zero attached hydrogens (tertiary/aromatic N) is 1. The van der Waals surface area contributed by atoms with E-state index in [0.29, 0.717) is 5.88 Å². The summed E-state index contributed by atoms with van der Waals surface area (Å²) in [5, 5.41) is 1.10. The van der Waals surface area contributed by atoms with Gasteiger partial charge < -0.3 is 4.74 Å². The van der Waals surface area contributed by atoms with E-state index in [0.717, 1.165) is 15.2 Å². The molecular formula is C6H8BrNOS. The monoisotopic (exact) mass is 221 g/mol. The fourth-order valence-electron chi connectivity index (χ4n) is 0.604. The molecule has 0 amide bonds. The van der Waals surface area contributed by atoms with Crippen LogP contribution in [0.25, 0.3) is 0 Å². The second kappa shape index (κ2) is 3.34. The van der Waals surface area contributed by atoms with Gasteiger partial charge in [-0.1, -0.05) is 6.92 Å². The molecule has 10 heavy (non-hydrogen) atoms. The van der Waals surface area contributed by atoms with Gasteiger partial charge in [-0.15, -0.1) is 11.3 Å². The van der Waals surface area contributed by atoms with Crippen molar-refractivity contribution in [3.63, 3.8) is 0 Å². The van der Waals surface area contributed by atoms with Gasteiger partial charge in [-0.2, -0.15) is 0 Å². The van der Waals surface area contributed by atoms with Crippen LogP contribution in [0.3, 0.4) is 0 Å². The van der Waals surface area contributed by atoms with Crippen molar-refractivity contribution in [3.8, 4) is 5.88 Å². The van der Waals surface area contributed by atoms with E-state index in [1.807, 2.05) is 0 Å². The second-order valence-corrected chi connectivity index (χ2v) is 4.15. The number of methoxy groups -OCH3 is 1. The highest BCUT2D eigenvalue weighted by Crippen LogP contribution is 2.30. The van der Waals surface area contributed by atoms with Gasteiger partial charge in [0.15, 0.2) is 0 Å². The van der Waals surface area contributed by atoms with Crippen LogP contribution in [-0.4, -0.2) is 12.1 Å². The van der Waals surface area contributed by atoms with Crippen LogP contribution in [0, 0.1) is 0 Å². The topological polar surface area (TPSA) is 22.1 Å². The van der Waals surface area contributed by atoms with Gasteiger partial charge in [0.1, 0.15) is 3.79 Å². The molecule has 0 bridgehead atoms. The molecule has 0 N–H and O–H groups in total. The van der Waals surface area contributed by atoms with Crippen molar-refractivity contribution in [3.05, 3.63) is 8.79 Å². The quantitative estimate of drug-likeness (QED) is 0.766. The van der Waals surface area contributed by atoms with Crippen molar-refractivity contribution in [2.75, 3.05) is 7.11 Å². The average Bonchev–Trinajstić information content (AvgIpc) is 2.30. The van der Waals surface area contributed by atoms with E-state index in [2.05, 4.69) is 27.8 Å². The number of aryl methyl sites for hydroxylation is 1. The molecule has 0 fully saturated rings. The van der Waals surface area contributed by atoms with Crippen molar-refractivity contribution < 1.29 is 4.74 Å². The number of ether oxygens (including phenoxy) is 1. The zero-order valence-corrected chi connectivity index (χ0v) is 8.25. The van der Waals surface area contributed by atoms with Crippen molar-refractivity contribution >= 4 is 27.3 Å². The van der Waals surface area contributed by atoms with Crippen LogP contribution >= 0.6 is 27.3 Å². The second-order valence-electron chi connectivity index (χ2n) is 1.74. The molecule has 0 aliphatic rings. The highest BCUT2D eigenvalue weighted by Gasteiger charge is 2.05. The summed E-state index contributed by atoms with van der Waals surface area (Å²) in [7, 11) is 1.62. The summed E-state index contributed by atoms with van der Waals surface area (Å²) in [4.78, 5) is 4.20. The predicted molar refractivity (Wildman–Crippen MR) is 45.7 cm³/mol. The Hall–Kier alpha value is -0.0900. The first-order chi connectivity index (χ1) is 4.77. The van der Waals surface area contributed by atoms with E-state index in [1.165, 1.54) is 0 Å². The molecule has 0 saturated carbocycles. The van der Waals surface area contributed by atoms with Gasteiger partial charge in [-0.25, -0.2) is 4.98 Å². The molecule has 0 spiro atoms. The fraction of sp³-hybridized carbons (Fsp3) is 0.500. The van der Waals surface area contributed by atoms with Gasteiger partial charge in [0, 0.05) is 0 Å². The number of halogens is 1. The summed E-state index contributed by atoms with van der Waals surface area (Å²) < 4.78 is 5.96. The highest BCUT2D eigenvalue weighted by molar-refractivity contribution is 9.11. The molecule has 1 aromatic heterocycles. The van der Waals surface area contributed by atoms with Crippen molar-refractivity contribution in [2.24, 2.45) is 0 Å². The maximum absolute atomic E-state index is 4.98. The lowest BCUT2D eigenvalue weighted by Crippen LogP contribution is -1.83. The van der Waals surface area contributed by atoms with E-state index < -0.39 is 0 Å². The molecule has 0 atom stereocenters. The fourth-order valence-corrected chi connectivity index (χ4v) is 2.11. The minimum Gasteiger partial charge on any atom is -0.480 e. The Morgan fingerprint density at radius 3 is 2.70 bits per heavy atom. The van der Waals surface area contributed by atoms with Crippen molar-refractivity contribution in [1.29, 1.82) is 0 Å². The zero-order chi connectivity index (χ0) is 7.56. The third kappa shape index (κ3) is 1.49. The molecule has 0 saturated heterocycles. The summed E-state index contributed by atoms with van der Waals surface area (Å²) in [5.74, 6) is 0.696.